The zero-order chi connectivity index (χ0) is 16.0. The van der Waals surface area contributed by atoms with Crippen LogP contribution in [0.3, 0.4) is 0 Å². The van der Waals surface area contributed by atoms with Crippen molar-refractivity contribution in [3.8, 4) is 0 Å². The van der Waals surface area contributed by atoms with Crippen molar-refractivity contribution >= 4 is 0 Å². The molecule has 0 radical (unpaired) electrons. The molecule has 2 atom stereocenters. The normalized spacial score (nSPS) is 16.5. The number of alkyl halides is 6. The van der Waals surface area contributed by atoms with Crippen LogP contribution in [0, 0.1) is 11.8 Å². The molecule has 0 bridgehead atoms. The Labute approximate surface area is 116 Å². The van der Waals surface area contributed by atoms with E-state index in [1.807, 2.05) is 6.92 Å². The van der Waals surface area contributed by atoms with Gasteiger partial charge in [-0.05, 0) is 19.4 Å². The Morgan fingerprint density at radius 1 is 0.950 bits per heavy atom. The molecule has 122 valence electrons. The lowest BCUT2D eigenvalue weighted by Gasteiger charge is -2.32. The smallest absolute Gasteiger partial charge is 0.316 e. The zero-order valence-electron chi connectivity index (χ0n) is 12.0. The van der Waals surface area contributed by atoms with Crippen LogP contribution in [0.25, 0.3) is 0 Å². The fourth-order valence-corrected chi connectivity index (χ4v) is 2.40. The maximum atomic E-state index is 12.7. The summed E-state index contributed by atoms with van der Waals surface area (Å²) in [5, 5.41) is 2.22. The zero-order valence-corrected chi connectivity index (χ0v) is 12.0. The first-order valence-electron chi connectivity index (χ1n) is 6.88. The molecule has 0 heterocycles. The maximum Gasteiger partial charge on any atom is 0.401 e. The van der Waals surface area contributed by atoms with Gasteiger partial charge in [-0.25, -0.2) is 0 Å². The lowest BCUT2D eigenvalue weighted by molar-refractivity contribution is -0.292. The van der Waals surface area contributed by atoms with Crippen molar-refractivity contribution in [1.29, 1.82) is 0 Å². The minimum absolute atomic E-state index is 0.114. The van der Waals surface area contributed by atoms with Crippen molar-refractivity contribution in [3.63, 3.8) is 0 Å². The van der Waals surface area contributed by atoms with E-state index in [1.165, 1.54) is 0 Å². The number of hydrogen-bond donors (Lipinski definition) is 1. The summed E-state index contributed by atoms with van der Waals surface area (Å²) in [5.74, 6) is -3.43. The molecule has 1 N–H and O–H groups in total. The quantitative estimate of drug-likeness (QED) is 0.627. The van der Waals surface area contributed by atoms with Gasteiger partial charge in [0.2, 0.25) is 0 Å². The van der Waals surface area contributed by atoms with Crippen LogP contribution in [-0.2, 0) is 0 Å². The third-order valence-corrected chi connectivity index (χ3v) is 3.61. The maximum absolute atomic E-state index is 12.7. The van der Waals surface area contributed by atoms with Gasteiger partial charge in [0.1, 0.15) is 0 Å². The number of rotatable bonds is 8. The van der Waals surface area contributed by atoms with Gasteiger partial charge in [0.25, 0.3) is 0 Å². The number of unbranched alkanes of at least 4 members (excludes halogenated alkanes) is 1. The Bertz CT molecular complexity index is 247. The van der Waals surface area contributed by atoms with Crippen LogP contribution in [0.5, 0.6) is 0 Å². The number of hydrogen-bond acceptors (Lipinski definition) is 1. The Balaban J connectivity index is 5.00. The van der Waals surface area contributed by atoms with Crippen molar-refractivity contribution in [2.24, 2.45) is 11.8 Å². The highest BCUT2D eigenvalue weighted by Crippen LogP contribution is 2.43. The first-order valence-corrected chi connectivity index (χ1v) is 6.88. The lowest BCUT2D eigenvalue weighted by atomic mass is 9.85. The second kappa shape index (κ2) is 8.10. The van der Waals surface area contributed by atoms with E-state index in [0.29, 0.717) is 12.8 Å². The average Bonchev–Trinajstić information content (AvgIpc) is 2.29. The third kappa shape index (κ3) is 6.33. The van der Waals surface area contributed by atoms with Crippen molar-refractivity contribution in [1.82, 2.24) is 5.32 Å². The fourth-order valence-electron chi connectivity index (χ4n) is 2.40. The highest BCUT2D eigenvalue weighted by atomic mass is 19.4. The topological polar surface area (TPSA) is 12.0 Å². The molecule has 0 saturated carbocycles. The fraction of sp³-hybridized carbons (Fsp3) is 1.00. The van der Waals surface area contributed by atoms with E-state index in [-0.39, 0.29) is 12.3 Å². The molecule has 0 spiro atoms. The average molecular weight is 307 g/mol. The van der Waals surface area contributed by atoms with Crippen LogP contribution >= 0.6 is 0 Å². The molecule has 0 aliphatic rings. The number of nitrogens with one attached hydrogen (secondary N) is 1. The Morgan fingerprint density at radius 3 is 1.75 bits per heavy atom. The van der Waals surface area contributed by atoms with Gasteiger partial charge in [-0.15, -0.1) is 0 Å². The molecule has 0 fully saturated rings. The van der Waals surface area contributed by atoms with E-state index in [4.69, 9.17) is 0 Å². The van der Waals surface area contributed by atoms with Gasteiger partial charge in [-0.3, -0.25) is 0 Å². The molecule has 20 heavy (non-hydrogen) atoms. The largest absolute Gasteiger partial charge is 0.401 e. The van der Waals surface area contributed by atoms with Crippen molar-refractivity contribution in [2.45, 2.75) is 64.3 Å². The molecule has 0 aliphatic carbocycles. The summed E-state index contributed by atoms with van der Waals surface area (Å²) in [6.07, 6.45) is -7.74. The molecule has 1 nitrogen and oxygen atoms in total. The van der Waals surface area contributed by atoms with Crippen molar-refractivity contribution < 1.29 is 26.3 Å². The van der Waals surface area contributed by atoms with Gasteiger partial charge in [0, 0.05) is 6.04 Å². The molecule has 0 aromatic rings. The molecule has 0 aliphatic heterocycles. The van der Waals surface area contributed by atoms with Gasteiger partial charge in [0.05, 0.1) is 0 Å². The second-order valence-corrected chi connectivity index (χ2v) is 5.11. The predicted octanol–water partition coefficient (Wildman–Crippen LogP) is 4.92. The van der Waals surface area contributed by atoms with E-state index < -0.39 is 24.3 Å². The van der Waals surface area contributed by atoms with Gasteiger partial charge in [-0.1, -0.05) is 39.5 Å². The van der Waals surface area contributed by atoms with E-state index in [2.05, 4.69) is 5.32 Å². The molecule has 0 saturated heterocycles. The highest BCUT2D eigenvalue weighted by Gasteiger charge is 2.59. The predicted molar refractivity (Wildman–Crippen MR) is 66.4 cm³/mol. The highest BCUT2D eigenvalue weighted by molar-refractivity contribution is 4.87. The molecule has 0 amide bonds. The molecular formula is C13H23F6N. The summed E-state index contributed by atoms with van der Waals surface area (Å²) < 4.78 is 76.2. The molecular weight excluding hydrogens is 284 g/mol. The third-order valence-electron chi connectivity index (χ3n) is 3.61. The summed E-state index contributed by atoms with van der Waals surface area (Å²) in [5.41, 5.74) is 0. The summed E-state index contributed by atoms with van der Waals surface area (Å²) in [4.78, 5) is 0. The first kappa shape index (κ1) is 19.5. The van der Waals surface area contributed by atoms with Crippen molar-refractivity contribution in [2.75, 3.05) is 7.05 Å². The van der Waals surface area contributed by atoms with Crippen LogP contribution in [0.2, 0.25) is 0 Å². The van der Waals surface area contributed by atoms with Crippen LogP contribution in [0.15, 0.2) is 0 Å². The lowest BCUT2D eigenvalue weighted by Crippen LogP contribution is -2.50. The SMILES string of the molecule is CCCCC(CC)CC(NC)C(C(F)(F)F)C(F)(F)F. The van der Waals surface area contributed by atoms with Crippen molar-refractivity contribution in [3.05, 3.63) is 0 Å². The Kier molecular flexibility index (Phi) is 7.91. The number of halogens is 6. The summed E-state index contributed by atoms with van der Waals surface area (Å²) >= 11 is 0. The van der Waals surface area contributed by atoms with Gasteiger partial charge in [-0.2, -0.15) is 26.3 Å². The molecule has 0 aromatic carbocycles. The van der Waals surface area contributed by atoms with Gasteiger partial charge >= 0.3 is 12.4 Å². The minimum Gasteiger partial charge on any atom is -0.316 e. The van der Waals surface area contributed by atoms with Crippen LogP contribution in [0.4, 0.5) is 26.3 Å². The second-order valence-electron chi connectivity index (χ2n) is 5.11. The molecule has 7 heteroatoms. The summed E-state index contributed by atoms with van der Waals surface area (Å²) in [6.45, 7) is 3.74. The minimum atomic E-state index is -5.28. The summed E-state index contributed by atoms with van der Waals surface area (Å²) in [6, 6.07) is -1.63. The molecule has 0 aromatic heterocycles. The van der Waals surface area contributed by atoms with E-state index in [0.717, 1.165) is 19.9 Å². The standard InChI is InChI=1S/C13H23F6N/c1-4-6-7-9(5-2)8-10(20-3)11(12(14,15)16)13(17,18)19/h9-11,20H,4-8H2,1-3H3. The summed E-state index contributed by atoms with van der Waals surface area (Å²) in [7, 11) is 1.15. The van der Waals surface area contributed by atoms with Crippen LogP contribution < -0.4 is 5.32 Å². The Morgan fingerprint density at radius 2 is 1.45 bits per heavy atom. The van der Waals surface area contributed by atoms with E-state index in [1.54, 1.807) is 6.92 Å². The molecule has 0 rings (SSSR count). The molecule has 2 unspecified atom stereocenters. The van der Waals surface area contributed by atoms with Gasteiger partial charge < -0.3 is 5.32 Å². The first-order chi connectivity index (χ1) is 9.07. The monoisotopic (exact) mass is 307 g/mol. The van der Waals surface area contributed by atoms with Gasteiger partial charge in [0.15, 0.2) is 5.92 Å². The van der Waals surface area contributed by atoms with Crippen LogP contribution in [0.1, 0.15) is 46.0 Å². The van der Waals surface area contributed by atoms with E-state index >= 15 is 0 Å². The Hall–Kier alpha value is -0.460. The van der Waals surface area contributed by atoms with Crippen LogP contribution in [-0.4, -0.2) is 25.4 Å². The van der Waals surface area contributed by atoms with E-state index in [9.17, 15) is 26.3 Å².